The van der Waals surface area contributed by atoms with Gasteiger partial charge in [0.05, 0.1) is 18.1 Å². The van der Waals surface area contributed by atoms with Crippen LogP contribution in [0.15, 0.2) is 0 Å². The van der Waals surface area contributed by atoms with E-state index in [0.29, 0.717) is 17.0 Å². The van der Waals surface area contributed by atoms with Gasteiger partial charge in [0.15, 0.2) is 0 Å². The number of nitrogens with zero attached hydrogens (tertiary/aromatic N) is 1. The van der Waals surface area contributed by atoms with Crippen molar-refractivity contribution in [3.8, 4) is 0 Å². The number of aryl methyl sites for hydroxylation is 1. The molecule has 134 valence electrons. The first-order valence-corrected chi connectivity index (χ1v) is 8.58. The topological polar surface area (TPSA) is 95.9 Å². The van der Waals surface area contributed by atoms with Gasteiger partial charge in [0.25, 0.3) is 0 Å². The summed E-state index contributed by atoms with van der Waals surface area (Å²) in [6.07, 6.45) is 0.651. The third kappa shape index (κ3) is 4.70. The number of urea groups is 1. The largest absolute Gasteiger partial charge is 0.481 e. The van der Waals surface area contributed by atoms with Gasteiger partial charge in [-0.2, -0.15) is 0 Å². The van der Waals surface area contributed by atoms with Crippen molar-refractivity contribution in [1.29, 1.82) is 0 Å². The van der Waals surface area contributed by atoms with Crippen LogP contribution in [0.5, 0.6) is 0 Å². The predicted molar refractivity (Wildman–Crippen MR) is 92.8 cm³/mol. The smallest absolute Gasteiger partial charge is 0.341 e. The first-order valence-electron chi connectivity index (χ1n) is 7.77. The Labute approximate surface area is 145 Å². The van der Waals surface area contributed by atoms with Gasteiger partial charge in [-0.05, 0) is 25.8 Å². The maximum atomic E-state index is 12.3. The number of carboxylic acids is 1. The van der Waals surface area contributed by atoms with E-state index in [1.807, 2.05) is 13.8 Å². The van der Waals surface area contributed by atoms with E-state index in [-0.39, 0.29) is 13.2 Å². The van der Waals surface area contributed by atoms with Crippen molar-refractivity contribution in [1.82, 2.24) is 4.90 Å². The fourth-order valence-electron chi connectivity index (χ4n) is 2.28. The van der Waals surface area contributed by atoms with E-state index >= 15 is 0 Å². The number of ether oxygens (including phenoxy) is 1. The zero-order valence-corrected chi connectivity index (χ0v) is 15.5. The van der Waals surface area contributed by atoms with Gasteiger partial charge >= 0.3 is 18.0 Å². The first-order chi connectivity index (χ1) is 11.2. The van der Waals surface area contributed by atoms with E-state index in [1.165, 1.54) is 30.2 Å². The molecule has 1 aromatic rings. The summed E-state index contributed by atoms with van der Waals surface area (Å²) >= 11 is 1.31. The third-order valence-corrected chi connectivity index (χ3v) is 4.64. The van der Waals surface area contributed by atoms with E-state index in [1.54, 1.807) is 6.92 Å². The van der Waals surface area contributed by atoms with Crippen molar-refractivity contribution in [2.24, 2.45) is 5.92 Å². The second-order valence-corrected chi connectivity index (χ2v) is 6.69. The molecule has 1 atom stereocenters. The van der Waals surface area contributed by atoms with E-state index in [9.17, 15) is 14.4 Å². The molecule has 7 nitrogen and oxygen atoms in total. The van der Waals surface area contributed by atoms with Gasteiger partial charge in [-0.25, -0.2) is 9.59 Å². The lowest BCUT2D eigenvalue weighted by molar-refractivity contribution is -0.141. The molecule has 2 N–H and O–H groups in total. The fraction of sp³-hybridized carbons (Fsp3) is 0.562. The van der Waals surface area contributed by atoms with Crippen LogP contribution in [0.1, 0.15) is 41.6 Å². The average Bonchev–Trinajstić information content (AvgIpc) is 2.82. The number of esters is 1. The van der Waals surface area contributed by atoms with Gasteiger partial charge in [-0.3, -0.25) is 10.1 Å². The molecule has 24 heavy (non-hydrogen) atoms. The standard InChI is InChI=1S/C16H24N2O5S/c1-6-11-10(4)24-13(12(11)15(21)23-7-2)17-16(22)18(5)8-9(3)14(19)20/h9H,6-8H2,1-5H3,(H,17,22)(H,19,20). The Hall–Kier alpha value is -2.09. The lowest BCUT2D eigenvalue weighted by atomic mass is 10.1. The lowest BCUT2D eigenvalue weighted by Crippen LogP contribution is -2.36. The Morgan fingerprint density at radius 3 is 2.46 bits per heavy atom. The Morgan fingerprint density at radius 2 is 1.96 bits per heavy atom. The number of carboxylic acid groups (broad SMARTS) is 1. The van der Waals surface area contributed by atoms with Crippen LogP contribution >= 0.6 is 11.3 Å². The summed E-state index contributed by atoms with van der Waals surface area (Å²) in [6.45, 7) is 7.39. The Bertz CT molecular complexity index is 626. The molecule has 2 amide bonds. The maximum absolute atomic E-state index is 12.3. The Balaban J connectivity index is 2.99. The average molecular weight is 356 g/mol. The van der Waals surface area contributed by atoms with Crippen molar-refractivity contribution in [3.63, 3.8) is 0 Å². The summed E-state index contributed by atoms with van der Waals surface area (Å²) in [6, 6.07) is -0.461. The number of nitrogens with one attached hydrogen (secondary N) is 1. The number of aliphatic carboxylic acids is 1. The molecule has 0 aliphatic heterocycles. The molecule has 0 spiro atoms. The number of rotatable bonds is 7. The lowest BCUT2D eigenvalue weighted by Gasteiger charge is -2.20. The second kappa shape index (κ2) is 8.68. The highest BCUT2D eigenvalue weighted by Gasteiger charge is 2.25. The third-order valence-electron chi connectivity index (χ3n) is 3.58. The molecule has 0 saturated heterocycles. The van der Waals surface area contributed by atoms with Crippen LogP contribution in [0, 0.1) is 12.8 Å². The van der Waals surface area contributed by atoms with Gasteiger partial charge in [-0.1, -0.05) is 13.8 Å². The van der Waals surface area contributed by atoms with Gasteiger partial charge in [-0.15, -0.1) is 11.3 Å². The number of anilines is 1. The number of hydrogen-bond donors (Lipinski definition) is 2. The molecule has 1 aromatic heterocycles. The van der Waals surface area contributed by atoms with Crippen molar-refractivity contribution in [3.05, 3.63) is 16.0 Å². The first kappa shape index (κ1) is 20.0. The van der Waals surface area contributed by atoms with Gasteiger partial charge < -0.3 is 14.7 Å². The number of thiophene rings is 1. The van der Waals surface area contributed by atoms with Crippen LogP contribution in [0.4, 0.5) is 9.80 Å². The summed E-state index contributed by atoms with van der Waals surface area (Å²) in [5, 5.41) is 12.1. The normalized spacial score (nSPS) is 11.7. The summed E-state index contributed by atoms with van der Waals surface area (Å²) in [5.74, 6) is -2.11. The SMILES string of the molecule is CCOC(=O)c1c(NC(=O)N(C)CC(C)C(=O)O)sc(C)c1CC. The molecule has 0 radical (unpaired) electrons. The molecule has 0 saturated carbocycles. The van der Waals surface area contributed by atoms with Crippen molar-refractivity contribution >= 4 is 34.3 Å². The molecule has 0 bridgehead atoms. The van der Waals surface area contributed by atoms with Crippen LogP contribution < -0.4 is 5.32 Å². The van der Waals surface area contributed by atoms with Gasteiger partial charge in [0.1, 0.15) is 5.00 Å². The fourth-order valence-corrected chi connectivity index (χ4v) is 3.40. The minimum atomic E-state index is -0.970. The van der Waals surface area contributed by atoms with Gasteiger partial charge in [0.2, 0.25) is 0 Å². The number of carbonyl (C=O) groups is 3. The minimum Gasteiger partial charge on any atom is -0.481 e. The summed E-state index contributed by atoms with van der Waals surface area (Å²) < 4.78 is 5.09. The minimum absolute atomic E-state index is 0.0703. The van der Waals surface area contributed by atoms with E-state index < -0.39 is 23.9 Å². The molecule has 0 aliphatic carbocycles. The highest BCUT2D eigenvalue weighted by Crippen LogP contribution is 2.34. The second-order valence-electron chi connectivity index (χ2n) is 5.46. The molecule has 1 rings (SSSR count). The summed E-state index contributed by atoms with van der Waals surface area (Å²) in [5.41, 5.74) is 1.24. The number of carbonyl (C=O) groups excluding carboxylic acids is 2. The maximum Gasteiger partial charge on any atom is 0.341 e. The Kier molecular flexibility index (Phi) is 7.21. The molecule has 1 heterocycles. The zero-order valence-electron chi connectivity index (χ0n) is 14.6. The van der Waals surface area contributed by atoms with Crippen molar-refractivity contribution < 1.29 is 24.2 Å². The van der Waals surface area contributed by atoms with E-state index in [2.05, 4.69) is 5.32 Å². The molecule has 8 heteroatoms. The monoisotopic (exact) mass is 356 g/mol. The van der Waals surface area contributed by atoms with Crippen LogP contribution in [0.25, 0.3) is 0 Å². The Morgan fingerprint density at radius 1 is 1.33 bits per heavy atom. The molecule has 0 fully saturated rings. The predicted octanol–water partition coefficient (Wildman–Crippen LogP) is 2.98. The van der Waals surface area contributed by atoms with E-state index in [0.717, 1.165) is 10.4 Å². The van der Waals surface area contributed by atoms with Crippen molar-refractivity contribution in [2.45, 2.75) is 34.1 Å². The van der Waals surface area contributed by atoms with Crippen molar-refractivity contribution in [2.75, 3.05) is 25.5 Å². The quantitative estimate of drug-likeness (QED) is 0.732. The van der Waals surface area contributed by atoms with Crippen LogP contribution in [-0.4, -0.2) is 48.2 Å². The van der Waals surface area contributed by atoms with Crippen LogP contribution in [-0.2, 0) is 16.0 Å². The van der Waals surface area contributed by atoms with E-state index in [4.69, 9.17) is 9.84 Å². The molecule has 0 aromatic carbocycles. The van der Waals surface area contributed by atoms with Crippen LogP contribution in [0.2, 0.25) is 0 Å². The molecule has 0 aliphatic rings. The van der Waals surface area contributed by atoms with Crippen LogP contribution in [0.3, 0.4) is 0 Å². The molecule has 1 unspecified atom stereocenters. The number of amides is 2. The summed E-state index contributed by atoms with van der Waals surface area (Å²) in [7, 11) is 1.51. The highest BCUT2D eigenvalue weighted by molar-refractivity contribution is 7.16. The highest BCUT2D eigenvalue weighted by atomic mass is 32.1. The molecular formula is C16H24N2O5S. The molecular weight excluding hydrogens is 332 g/mol. The number of hydrogen-bond acceptors (Lipinski definition) is 5. The summed E-state index contributed by atoms with van der Waals surface area (Å²) in [4.78, 5) is 37.6. The zero-order chi connectivity index (χ0) is 18.4. The van der Waals surface area contributed by atoms with Gasteiger partial charge in [0, 0.05) is 18.5 Å².